The van der Waals surface area contributed by atoms with Gasteiger partial charge in [0.1, 0.15) is 11.6 Å². The normalized spacial score (nSPS) is 17.0. The van der Waals surface area contributed by atoms with Crippen LogP contribution in [0.2, 0.25) is 0 Å². The number of allylic oxidation sites excluding steroid dienone is 2. The average Bonchev–Trinajstić information content (AvgIpc) is 2.48. The molecule has 1 aromatic carbocycles. The molecule has 3 heteroatoms. The SMILES string of the molecule is CCOc1cc2c(cc1C(CC)=C(F)CO)C=CCC2(C)C. The Morgan fingerprint density at radius 2 is 2.05 bits per heavy atom. The smallest absolute Gasteiger partial charge is 0.129 e. The molecule has 0 aliphatic heterocycles. The molecule has 0 atom stereocenters. The van der Waals surface area contributed by atoms with Crippen LogP contribution in [0, 0.1) is 0 Å². The zero-order chi connectivity index (χ0) is 16.3. The lowest BCUT2D eigenvalue weighted by atomic mass is 9.75. The minimum Gasteiger partial charge on any atom is -0.493 e. The summed E-state index contributed by atoms with van der Waals surface area (Å²) in [5.74, 6) is 0.215. The second-order valence-corrected chi connectivity index (χ2v) is 6.25. The minimum absolute atomic E-state index is 0.0417. The lowest BCUT2D eigenvalue weighted by Crippen LogP contribution is -2.20. The van der Waals surface area contributed by atoms with Crippen molar-refractivity contribution in [2.24, 2.45) is 0 Å². The van der Waals surface area contributed by atoms with E-state index in [1.54, 1.807) is 0 Å². The predicted molar refractivity (Wildman–Crippen MR) is 89.7 cm³/mol. The van der Waals surface area contributed by atoms with Crippen LogP contribution < -0.4 is 4.74 Å². The van der Waals surface area contributed by atoms with Crippen LogP contribution in [0.1, 0.15) is 57.2 Å². The Bertz CT molecular complexity index is 612. The van der Waals surface area contributed by atoms with E-state index in [0.29, 0.717) is 24.4 Å². The first-order valence-corrected chi connectivity index (χ1v) is 7.91. The molecule has 0 amide bonds. The molecule has 0 spiro atoms. The minimum atomic E-state index is -0.576. The highest BCUT2D eigenvalue weighted by Crippen LogP contribution is 2.41. The third-order valence-corrected chi connectivity index (χ3v) is 4.25. The Labute approximate surface area is 132 Å². The van der Waals surface area contributed by atoms with Crippen LogP contribution >= 0.6 is 0 Å². The van der Waals surface area contributed by atoms with Gasteiger partial charge >= 0.3 is 0 Å². The molecule has 2 rings (SSSR count). The van der Waals surface area contributed by atoms with E-state index in [0.717, 1.165) is 17.5 Å². The summed E-state index contributed by atoms with van der Waals surface area (Å²) < 4.78 is 19.8. The summed E-state index contributed by atoms with van der Waals surface area (Å²) in [4.78, 5) is 0. The highest BCUT2D eigenvalue weighted by molar-refractivity contribution is 5.76. The molecular weight excluding hydrogens is 279 g/mol. The Kier molecular flexibility index (Phi) is 5.07. The molecule has 0 radical (unpaired) electrons. The van der Waals surface area contributed by atoms with E-state index >= 15 is 0 Å². The molecule has 0 aromatic heterocycles. The summed E-state index contributed by atoms with van der Waals surface area (Å²) in [5, 5.41) is 9.15. The lowest BCUT2D eigenvalue weighted by Gasteiger charge is -2.30. The first kappa shape index (κ1) is 16.8. The monoisotopic (exact) mass is 304 g/mol. The zero-order valence-electron chi connectivity index (χ0n) is 13.9. The maximum Gasteiger partial charge on any atom is 0.129 e. The van der Waals surface area contributed by atoms with Crippen molar-refractivity contribution in [1.29, 1.82) is 0 Å². The highest BCUT2D eigenvalue weighted by atomic mass is 19.1. The van der Waals surface area contributed by atoms with Gasteiger partial charge in [0.2, 0.25) is 0 Å². The number of rotatable bonds is 5. The van der Waals surface area contributed by atoms with E-state index < -0.39 is 12.4 Å². The number of hydrogen-bond acceptors (Lipinski definition) is 2. The molecular formula is C19H25FO2. The van der Waals surface area contributed by atoms with Crippen molar-refractivity contribution in [1.82, 2.24) is 0 Å². The van der Waals surface area contributed by atoms with Gasteiger partial charge in [-0.05, 0) is 54.0 Å². The van der Waals surface area contributed by atoms with Crippen LogP contribution in [0.4, 0.5) is 4.39 Å². The van der Waals surface area contributed by atoms with Crippen LogP contribution in [0.25, 0.3) is 11.6 Å². The fourth-order valence-electron chi connectivity index (χ4n) is 3.05. The summed E-state index contributed by atoms with van der Waals surface area (Å²) in [6.45, 7) is 8.17. The summed E-state index contributed by atoms with van der Waals surface area (Å²) >= 11 is 0. The van der Waals surface area contributed by atoms with Crippen LogP contribution in [-0.4, -0.2) is 18.3 Å². The lowest BCUT2D eigenvalue weighted by molar-refractivity contribution is 0.298. The number of aliphatic hydroxyl groups is 1. The number of hydrogen-bond donors (Lipinski definition) is 1. The molecule has 22 heavy (non-hydrogen) atoms. The predicted octanol–water partition coefficient (Wildman–Crippen LogP) is 4.86. The van der Waals surface area contributed by atoms with Crippen LogP contribution in [0.3, 0.4) is 0 Å². The van der Waals surface area contributed by atoms with Gasteiger partial charge in [-0.1, -0.05) is 32.9 Å². The molecule has 1 aromatic rings. The van der Waals surface area contributed by atoms with Crippen LogP contribution in [-0.2, 0) is 5.41 Å². The van der Waals surface area contributed by atoms with Crippen LogP contribution in [0.5, 0.6) is 5.75 Å². The number of halogens is 1. The van der Waals surface area contributed by atoms with Crippen molar-refractivity contribution in [3.05, 3.63) is 40.7 Å². The molecule has 1 N–H and O–H groups in total. The summed E-state index contributed by atoms with van der Waals surface area (Å²) in [6.07, 6.45) is 5.74. The second kappa shape index (κ2) is 6.66. The third kappa shape index (κ3) is 3.09. The van der Waals surface area contributed by atoms with Gasteiger partial charge in [0.15, 0.2) is 0 Å². The van der Waals surface area contributed by atoms with E-state index in [2.05, 4.69) is 26.0 Å². The Balaban J connectivity index is 2.68. The molecule has 2 nitrogen and oxygen atoms in total. The quantitative estimate of drug-likeness (QED) is 0.841. The van der Waals surface area contributed by atoms with E-state index in [4.69, 9.17) is 9.84 Å². The van der Waals surface area contributed by atoms with Gasteiger partial charge in [-0.3, -0.25) is 0 Å². The van der Waals surface area contributed by atoms with Crippen molar-refractivity contribution in [2.45, 2.75) is 46.0 Å². The van der Waals surface area contributed by atoms with E-state index in [1.165, 1.54) is 5.56 Å². The Morgan fingerprint density at radius 1 is 1.32 bits per heavy atom. The molecule has 0 saturated heterocycles. The van der Waals surface area contributed by atoms with Crippen molar-refractivity contribution in [3.63, 3.8) is 0 Å². The molecule has 0 heterocycles. The Hall–Kier alpha value is -1.61. The van der Waals surface area contributed by atoms with Gasteiger partial charge < -0.3 is 9.84 Å². The Morgan fingerprint density at radius 3 is 2.64 bits per heavy atom. The van der Waals surface area contributed by atoms with Crippen molar-refractivity contribution in [2.75, 3.05) is 13.2 Å². The molecule has 0 bridgehead atoms. The van der Waals surface area contributed by atoms with E-state index in [9.17, 15) is 4.39 Å². The van der Waals surface area contributed by atoms with Gasteiger partial charge in [0.25, 0.3) is 0 Å². The first-order chi connectivity index (χ1) is 10.4. The van der Waals surface area contributed by atoms with Gasteiger partial charge in [0, 0.05) is 5.56 Å². The van der Waals surface area contributed by atoms with Gasteiger partial charge in [-0.2, -0.15) is 0 Å². The molecule has 120 valence electrons. The van der Waals surface area contributed by atoms with Crippen molar-refractivity contribution in [3.8, 4) is 5.75 Å². The van der Waals surface area contributed by atoms with Crippen LogP contribution in [0.15, 0.2) is 24.0 Å². The fourth-order valence-corrected chi connectivity index (χ4v) is 3.05. The molecule has 1 aliphatic carbocycles. The maximum atomic E-state index is 14.0. The van der Waals surface area contributed by atoms with Gasteiger partial charge in [0.05, 0.1) is 13.2 Å². The summed E-state index contributed by atoms with van der Waals surface area (Å²) in [5.41, 5.74) is 3.64. The fraction of sp³-hybridized carbons (Fsp3) is 0.474. The molecule has 1 aliphatic rings. The number of benzene rings is 1. The van der Waals surface area contributed by atoms with E-state index in [1.807, 2.05) is 26.0 Å². The summed E-state index contributed by atoms with van der Waals surface area (Å²) in [7, 11) is 0. The molecule has 0 saturated carbocycles. The molecule has 0 unspecified atom stereocenters. The van der Waals surface area contributed by atoms with E-state index in [-0.39, 0.29) is 5.41 Å². The zero-order valence-corrected chi connectivity index (χ0v) is 13.9. The number of aliphatic hydroxyl groups excluding tert-OH is 1. The summed E-state index contributed by atoms with van der Waals surface area (Å²) in [6, 6.07) is 4.03. The number of ether oxygens (including phenoxy) is 1. The largest absolute Gasteiger partial charge is 0.493 e. The highest BCUT2D eigenvalue weighted by Gasteiger charge is 2.27. The standard InChI is InChI=1S/C19H25FO2/c1-5-14(17(20)12-21)15-10-13-8-7-9-19(3,4)16(13)11-18(15)22-6-2/h7-8,10-11,21H,5-6,9,12H2,1-4H3. The van der Waals surface area contributed by atoms with Crippen molar-refractivity contribution < 1.29 is 14.2 Å². The number of fused-ring (bicyclic) bond motifs is 1. The first-order valence-electron chi connectivity index (χ1n) is 7.91. The topological polar surface area (TPSA) is 29.5 Å². The maximum absolute atomic E-state index is 14.0. The van der Waals surface area contributed by atoms with Gasteiger partial charge in [-0.25, -0.2) is 4.39 Å². The van der Waals surface area contributed by atoms with Gasteiger partial charge in [-0.15, -0.1) is 0 Å². The third-order valence-electron chi connectivity index (χ3n) is 4.25. The second-order valence-electron chi connectivity index (χ2n) is 6.25. The molecule has 0 fully saturated rings. The van der Waals surface area contributed by atoms with Crippen molar-refractivity contribution >= 4 is 11.6 Å². The average molecular weight is 304 g/mol.